The summed E-state index contributed by atoms with van der Waals surface area (Å²) < 4.78 is 33.5. The van der Waals surface area contributed by atoms with E-state index in [1.807, 2.05) is 0 Å². The summed E-state index contributed by atoms with van der Waals surface area (Å²) in [6.45, 7) is 1.65. The number of nitro benzene ring substituents is 1. The minimum Gasteiger partial charge on any atom is -0.343 e. The molecule has 132 valence electrons. The van der Waals surface area contributed by atoms with E-state index in [9.17, 15) is 28.5 Å². The molecule has 1 fully saturated rings. The summed E-state index contributed by atoms with van der Waals surface area (Å²) in [5.41, 5.74) is -2.83. The van der Waals surface area contributed by atoms with Crippen LogP contribution in [-0.2, 0) is 10.7 Å². The van der Waals surface area contributed by atoms with E-state index in [4.69, 9.17) is 11.9 Å². The highest BCUT2D eigenvalue weighted by Gasteiger charge is 2.36. The number of benzene rings is 1. The normalized spacial score (nSPS) is 13.9. The molecule has 0 N–H and O–H groups in total. The van der Waals surface area contributed by atoms with Gasteiger partial charge in [-0.3, -0.25) is 14.9 Å². The van der Waals surface area contributed by atoms with Crippen molar-refractivity contribution in [2.24, 2.45) is 0 Å². The van der Waals surface area contributed by atoms with E-state index in [2.05, 4.69) is 4.29 Å². The van der Waals surface area contributed by atoms with Crippen LogP contribution in [0, 0.1) is 21.7 Å². The first-order chi connectivity index (χ1) is 11.8. The van der Waals surface area contributed by atoms with Gasteiger partial charge in [-0.05, 0) is 19.3 Å². The molecule has 10 heteroatoms. The summed E-state index contributed by atoms with van der Waals surface area (Å²) in [7, 11) is 0. The third-order valence-electron chi connectivity index (χ3n) is 4.17. The molecule has 0 bridgehead atoms. The average molecular weight is 373 g/mol. The molecule has 0 aliphatic heterocycles. The van der Waals surface area contributed by atoms with Gasteiger partial charge in [0, 0.05) is 17.8 Å². The number of hydrogen-bond donors (Lipinski definition) is 0. The molecule has 7 nitrogen and oxygen atoms in total. The first kappa shape index (κ1) is 17.3. The van der Waals surface area contributed by atoms with E-state index >= 15 is 0 Å². The zero-order valence-electron chi connectivity index (χ0n) is 12.8. The standard InChI is InChI=1S/C15H11ClF2N2O5/c1-2-8-11(15(22)25-16)14(21)10-9(19(8)6-3-4-6)5-7(17)12(18)13(10)20(23)24/h5-6H,2-4H2,1H3. The lowest BCUT2D eigenvalue weighted by atomic mass is 10.0. The van der Waals surface area contributed by atoms with Crippen LogP contribution >= 0.6 is 11.9 Å². The zero-order chi connectivity index (χ0) is 18.5. The van der Waals surface area contributed by atoms with E-state index < -0.39 is 44.6 Å². The van der Waals surface area contributed by atoms with Crippen LogP contribution in [0.3, 0.4) is 0 Å². The van der Waals surface area contributed by atoms with Crippen molar-refractivity contribution in [3.05, 3.63) is 49.3 Å². The summed E-state index contributed by atoms with van der Waals surface area (Å²) in [6, 6.07) is 0.566. The molecule has 0 amide bonds. The minimum atomic E-state index is -1.76. The van der Waals surface area contributed by atoms with Gasteiger partial charge in [0.1, 0.15) is 22.8 Å². The van der Waals surface area contributed by atoms with Crippen LogP contribution in [0.4, 0.5) is 14.5 Å². The van der Waals surface area contributed by atoms with Gasteiger partial charge in [0.25, 0.3) is 0 Å². The zero-order valence-corrected chi connectivity index (χ0v) is 13.6. The molecule has 1 aromatic heterocycles. The highest BCUT2D eigenvalue weighted by molar-refractivity contribution is 6.16. The maximum absolute atomic E-state index is 14.0. The summed E-state index contributed by atoms with van der Waals surface area (Å²) in [4.78, 5) is 34.8. The largest absolute Gasteiger partial charge is 0.362 e. The van der Waals surface area contributed by atoms with Gasteiger partial charge in [0.15, 0.2) is 5.82 Å². The number of fused-ring (bicyclic) bond motifs is 1. The second kappa shape index (κ2) is 6.07. The third kappa shape index (κ3) is 2.55. The molecular formula is C15H11ClF2N2O5. The van der Waals surface area contributed by atoms with Crippen LogP contribution in [0.1, 0.15) is 41.9 Å². The van der Waals surface area contributed by atoms with Crippen LogP contribution in [0.15, 0.2) is 10.9 Å². The summed E-state index contributed by atoms with van der Waals surface area (Å²) in [5, 5.41) is 10.6. The van der Waals surface area contributed by atoms with Gasteiger partial charge >= 0.3 is 11.7 Å². The van der Waals surface area contributed by atoms with Crippen molar-refractivity contribution in [1.82, 2.24) is 4.57 Å². The number of halogens is 3. The highest BCUT2D eigenvalue weighted by atomic mass is 35.5. The lowest BCUT2D eigenvalue weighted by molar-refractivity contribution is -0.386. The Morgan fingerprint density at radius 1 is 1.48 bits per heavy atom. The molecule has 25 heavy (non-hydrogen) atoms. The number of hydrogen-bond acceptors (Lipinski definition) is 5. The van der Waals surface area contributed by atoms with Crippen molar-refractivity contribution in [2.75, 3.05) is 0 Å². The predicted molar refractivity (Wildman–Crippen MR) is 83.7 cm³/mol. The number of carbonyl (C=O) groups is 1. The first-order valence-corrected chi connectivity index (χ1v) is 7.70. The van der Waals surface area contributed by atoms with Crippen molar-refractivity contribution in [2.45, 2.75) is 32.2 Å². The maximum Gasteiger partial charge on any atom is 0.362 e. The Hall–Kier alpha value is -2.55. The molecule has 0 spiro atoms. The molecule has 0 atom stereocenters. The number of rotatable bonds is 4. The molecule has 0 unspecified atom stereocenters. The number of nitrogens with zero attached hydrogens (tertiary/aromatic N) is 2. The van der Waals surface area contributed by atoms with Crippen LogP contribution in [0.25, 0.3) is 10.9 Å². The highest BCUT2D eigenvalue weighted by Crippen LogP contribution is 2.41. The second-order valence-corrected chi connectivity index (χ2v) is 5.80. The molecule has 0 radical (unpaired) electrons. The van der Waals surface area contributed by atoms with Crippen LogP contribution in [0.5, 0.6) is 0 Å². The fourth-order valence-electron chi connectivity index (χ4n) is 3.05. The number of aromatic nitrogens is 1. The lowest BCUT2D eigenvalue weighted by Gasteiger charge is -2.18. The van der Waals surface area contributed by atoms with E-state index in [1.54, 1.807) is 6.92 Å². The SMILES string of the molecule is CCc1c(C(=O)OCl)c(=O)c2c([N+](=O)[O-])c(F)c(F)cc2n1C1CC1. The van der Waals surface area contributed by atoms with Crippen LogP contribution in [0.2, 0.25) is 0 Å². The van der Waals surface area contributed by atoms with Gasteiger partial charge < -0.3 is 8.86 Å². The van der Waals surface area contributed by atoms with Gasteiger partial charge in [-0.2, -0.15) is 4.39 Å². The Labute approximate surface area is 144 Å². The first-order valence-electron chi connectivity index (χ1n) is 7.39. The lowest BCUT2D eigenvalue weighted by Crippen LogP contribution is -2.25. The molecule has 1 aliphatic rings. The Morgan fingerprint density at radius 2 is 2.12 bits per heavy atom. The molecular weight excluding hydrogens is 362 g/mol. The van der Waals surface area contributed by atoms with Crippen LogP contribution in [-0.4, -0.2) is 15.5 Å². The molecule has 1 aliphatic carbocycles. The summed E-state index contributed by atoms with van der Waals surface area (Å²) in [6.07, 6.45) is 1.54. The van der Waals surface area contributed by atoms with Gasteiger partial charge in [-0.1, -0.05) is 6.92 Å². The minimum absolute atomic E-state index is 0.124. The van der Waals surface area contributed by atoms with Crippen molar-refractivity contribution in [1.29, 1.82) is 0 Å². The van der Waals surface area contributed by atoms with Gasteiger partial charge in [-0.25, -0.2) is 9.18 Å². The van der Waals surface area contributed by atoms with E-state index in [-0.39, 0.29) is 23.7 Å². The van der Waals surface area contributed by atoms with E-state index in [0.717, 1.165) is 6.07 Å². The number of pyridine rings is 1. The Bertz CT molecular complexity index is 985. The molecule has 2 aromatic rings. The quantitative estimate of drug-likeness (QED) is 0.606. The smallest absolute Gasteiger partial charge is 0.343 e. The van der Waals surface area contributed by atoms with Crippen LogP contribution < -0.4 is 5.43 Å². The molecule has 1 aromatic carbocycles. The average Bonchev–Trinajstić information content (AvgIpc) is 3.39. The number of carbonyl (C=O) groups excluding carboxylic acids is 1. The fraction of sp³-hybridized carbons (Fsp3) is 0.333. The van der Waals surface area contributed by atoms with Gasteiger partial charge in [0.05, 0.1) is 10.4 Å². The third-order valence-corrected chi connectivity index (χ3v) is 4.31. The molecule has 1 saturated carbocycles. The monoisotopic (exact) mass is 372 g/mol. The Kier molecular flexibility index (Phi) is 4.19. The van der Waals surface area contributed by atoms with Crippen molar-refractivity contribution >= 4 is 34.4 Å². The summed E-state index contributed by atoms with van der Waals surface area (Å²) >= 11 is 5.08. The van der Waals surface area contributed by atoms with Gasteiger partial charge in [0.2, 0.25) is 11.2 Å². The van der Waals surface area contributed by atoms with E-state index in [0.29, 0.717) is 12.8 Å². The van der Waals surface area contributed by atoms with Crippen molar-refractivity contribution < 1.29 is 22.8 Å². The molecule has 3 rings (SSSR count). The molecule has 1 heterocycles. The Balaban J connectivity index is 2.62. The van der Waals surface area contributed by atoms with Crippen molar-refractivity contribution in [3.8, 4) is 0 Å². The van der Waals surface area contributed by atoms with E-state index in [1.165, 1.54) is 4.57 Å². The number of nitro groups is 1. The van der Waals surface area contributed by atoms with Gasteiger partial charge in [-0.15, -0.1) is 0 Å². The predicted octanol–water partition coefficient (Wildman–Crippen LogP) is 3.40. The van der Waals surface area contributed by atoms with Crippen molar-refractivity contribution in [3.63, 3.8) is 0 Å². The second-order valence-electron chi connectivity index (χ2n) is 5.64. The summed E-state index contributed by atoms with van der Waals surface area (Å²) in [5.74, 6) is -4.40. The molecule has 0 saturated heterocycles. The Morgan fingerprint density at radius 3 is 2.60 bits per heavy atom. The fourth-order valence-corrected chi connectivity index (χ4v) is 3.13. The maximum atomic E-state index is 14.0. The topological polar surface area (TPSA) is 91.4 Å².